The summed E-state index contributed by atoms with van der Waals surface area (Å²) in [5.74, 6) is 0.572. The predicted octanol–water partition coefficient (Wildman–Crippen LogP) is 3.24. The molecule has 0 unspecified atom stereocenters. The summed E-state index contributed by atoms with van der Waals surface area (Å²) in [6.07, 6.45) is 0. The number of esters is 1. The minimum atomic E-state index is -0.322. The molecule has 1 rings (SSSR count). The topological polar surface area (TPSA) is 26.3 Å². The molecule has 0 fully saturated rings. The maximum atomic E-state index is 11.3. The van der Waals surface area contributed by atoms with Gasteiger partial charge in [-0.25, -0.2) is 4.79 Å². The van der Waals surface area contributed by atoms with Gasteiger partial charge in [0.1, 0.15) is 0 Å². The molecule has 0 saturated heterocycles. The van der Waals surface area contributed by atoms with Gasteiger partial charge in [0.05, 0.1) is 12.7 Å². The van der Waals surface area contributed by atoms with Gasteiger partial charge in [-0.1, -0.05) is 18.5 Å². The van der Waals surface area contributed by atoms with Crippen LogP contribution in [0.5, 0.6) is 0 Å². The summed E-state index contributed by atoms with van der Waals surface area (Å²) in [6, 6.07) is 5.15. The van der Waals surface area contributed by atoms with E-state index in [1.807, 2.05) is 6.92 Å². The Labute approximate surface area is 92.6 Å². The number of hydrogen-bond acceptors (Lipinski definition) is 3. The molecule has 0 amide bonds. The van der Waals surface area contributed by atoms with E-state index in [-0.39, 0.29) is 5.97 Å². The van der Waals surface area contributed by atoms with E-state index in [0.29, 0.717) is 10.6 Å². The van der Waals surface area contributed by atoms with Crippen molar-refractivity contribution in [2.45, 2.75) is 11.8 Å². The molecule has 76 valence electrons. The summed E-state index contributed by atoms with van der Waals surface area (Å²) < 4.78 is 4.67. The van der Waals surface area contributed by atoms with Crippen molar-refractivity contribution in [1.29, 1.82) is 0 Å². The van der Waals surface area contributed by atoms with Gasteiger partial charge in [0.15, 0.2) is 0 Å². The highest BCUT2D eigenvalue weighted by molar-refractivity contribution is 7.99. The van der Waals surface area contributed by atoms with Crippen molar-refractivity contribution in [2.75, 3.05) is 12.9 Å². The lowest BCUT2D eigenvalue weighted by molar-refractivity contribution is 0.0597. The van der Waals surface area contributed by atoms with Crippen LogP contribution in [0.15, 0.2) is 23.1 Å². The van der Waals surface area contributed by atoms with Crippen molar-refractivity contribution < 1.29 is 9.53 Å². The second-order valence-corrected chi connectivity index (χ2v) is 4.31. The van der Waals surface area contributed by atoms with Gasteiger partial charge in [0.25, 0.3) is 0 Å². The number of ether oxygens (including phenoxy) is 1. The molecule has 0 aliphatic rings. The first-order chi connectivity index (χ1) is 6.69. The number of halogens is 1. The van der Waals surface area contributed by atoms with E-state index in [4.69, 9.17) is 11.6 Å². The molecule has 2 nitrogen and oxygen atoms in total. The van der Waals surface area contributed by atoms with Gasteiger partial charge in [0.2, 0.25) is 0 Å². The Hall–Kier alpha value is -0.670. The van der Waals surface area contributed by atoms with Gasteiger partial charge in [-0.05, 0) is 24.0 Å². The standard InChI is InChI=1S/C10H11ClO2S/c1-3-14-9-6-7(11)4-5-8(9)10(12)13-2/h4-6H,3H2,1-2H3. The van der Waals surface area contributed by atoms with Crippen LogP contribution in [0.1, 0.15) is 17.3 Å². The molecular formula is C10H11ClO2S. The zero-order valence-electron chi connectivity index (χ0n) is 8.04. The Morgan fingerprint density at radius 2 is 2.29 bits per heavy atom. The van der Waals surface area contributed by atoms with Gasteiger partial charge in [-0.15, -0.1) is 11.8 Å². The van der Waals surface area contributed by atoms with Crippen LogP contribution in [0, 0.1) is 0 Å². The molecule has 0 aliphatic carbocycles. The van der Waals surface area contributed by atoms with Crippen LogP contribution in [0.3, 0.4) is 0 Å². The lowest BCUT2D eigenvalue weighted by Crippen LogP contribution is -2.02. The largest absolute Gasteiger partial charge is 0.465 e. The second kappa shape index (κ2) is 5.27. The number of benzene rings is 1. The number of hydrogen-bond donors (Lipinski definition) is 0. The summed E-state index contributed by atoms with van der Waals surface area (Å²) in [6.45, 7) is 2.02. The molecule has 1 aromatic rings. The van der Waals surface area contributed by atoms with Gasteiger partial charge in [-0.3, -0.25) is 0 Å². The van der Waals surface area contributed by atoms with Crippen LogP contribution in [0.2, 0.25) is 5.02 Å². The lowest BCUT2D eigenvalue weighted by atomic mass is 10.2. The van der Waals surface area contributed by atoms with Crippen molar-refractivity contribution in [3.63, 3.8) is 0 Å². The third-order valence-corrected chi connectivity index (χ3v) is 2.82. The minimum absolute atomic E-state index is 0.322. The fourth-order valence-electron chi connectivity index (χ4n) is 1.05. The normalized spacial score (nSPS) is 9.93. The van der Waals surface area contributed by atoms with Crippen LogP contribution in [0.4, 0.5) is 0 Å². The smallest absolute Gasteiger partial charge is 0.338 e. The second-order valence-electron chi connectivity index (χ2n) is 2.57. The molecule has 0 N–H and O–H groups in total. The van der Waals surface area contributed by atoms with Gasteiger partial charge in [-0.2, -0.15) is 0 Å². The van der Waals surface area contributed by atoms with E-state index < -0.39 is 0 Å². The first-order valence-electron chi connectivity index (χ1n) is 4.19. The fourth-order valence-corrected chi connectivity index (χ4v) is 2.11. The molecule has 0 aliphatic heterocycles. The molecule has 4 heteroatoms. The summed E-state index contributed by atoms with van der Waals surface area (Å²) in [7, 11) is 1.37. The van der Waals surface area contributed by atoms with E-state index >= 15 is 0 Å². The van der Waals surface area contributed by atoms with Crippen molar-refractivity contribution in [1.82, 2.24) is 0 Å². The maximum absolute atomic E-state index is 11.3. The highest BCUT2D eigenvalue weighted by Crippen LogP contribution is 2.26. The minimum Gasteiger partial charge on any atom is -0.465 e. The molecular weight excluding hydrogens is 220 g/mol. The van der Waals surface area contributed by atoms with Crippen LogP contribution in [-0.4, -0.2) is 18.8 Å². The summed E-state index contributed by atoms with van der Waals surface area (Å²) in [5, 5.41) is 0.633. The van der Waals surface area contributed by atoms with E-state index in [2.05, 4.69) is 4.74 Å². The average molecular weight is 231 g/mol. The SMILES string of the molecule is CCSc1cc(Cl)ccc1C(=O)OC. The molecule has 0 spiro atoms. The zero-order chi connectivity index (χ0) is 10.6. The Kier molecular flexibility index (Phi) is 4.29. The molecule has 0 heterocycles. The first kappa shape index (κ1) is 11.4. The monoisotopic (exact) mass is 230 g/mol. The molecule has 0 atom stereocenters. The quantitative estimate of drug-likeness (QED) is 0.589. The summed E-state index contributed by atoms with van der Waals surface area (Å²) in [5.41, 5.74) is 0.573. The molecule has 0 saturated carbocycles. The van der Waals surface area contributed by atoms with Crippen LogP contribution in [-0.2, 0) is 4.74 Å². The molecule has 1 aromatic carbocycles. The molecule has 0 radical (unpaired) electrons. The summed E-state index contributed by atoms with van der Waals surface area (Å²) >= 11 is 7.41. The Balaban J connectivity index is 3.07. The Morgan fingerprint density at radius 1 is 1.57 bits per heavy atom. The van der Waals surface area contributed by atoms with Crippen molar-refractivity contribution in [3.8, 4) is 0 Å². The number of methoxy groups -OCH3 is 1. The van der Waals surface area contributed by atoms with Gasteiger partial charge < -0.3 is 4.74 Å². The third-order valence-electron chi connectivity index (χ3n) is 1.65. The van der Waals surface area contributed by atoms with Crippen LogP contribution >= 0.6 is 23.4 Å². The van der Waals surface area contributed by atoms with Crippen molar-refractivity contribution in [2.24, 2.45) is 0 Å². The van der Waals surface area contributed by atoms with Gasteiger partial charge in [0, 0.05) is 9.92 Å². The van der Waals surface area contributed by atoms with Crippen molar-refractivity contribution in [3.05, 3.63) is 28.8 Å². The number of thioether (sulfide) groups is 1. The van der Waals surface area contributed by atoms with E-state index in [9.17, 15) is 4.79 Å². The highest BCUT2D eigenvalue weighted by atomic mass is 35.5. The van der Waals surface area contributed by atoms with E-state index in [1.165, 1.54) is 7.11 Å². The highest BCUT2D eigenvalue weighted by Gasteiger charge is 2.11. The van der Waals surface area contributed by atoms with E-state index in [0.717, 1.165) is 10.6 Å². The maximum Gasteiger partial charge on any atom is 0.338 e. The fraction of sp³-hybridized carbons (Fsp3) is 0.300. The molecule has 0 bridgehead atoms. The predicted molar refractivity (Wildman–Crippen MR) is 59.2 cm³/mol. The van der Waals surface area contributed by atoms with Crippen LogP contribution in [0.25, 0.3) is 0 Å². The zero-order valence-corrected chi connectivity index (χ0v) is 9.61. The number of carbonyl (C=O) groups is 1. The number of rotatable bonds is 3. The Morgan fingerprint density at radius 3 is 2.86 bits per heavy atom. The van der Waals surface area contributed by atoms with Gasteiger partial charge >= 0.3 is 5.97 Å². The van der Waals surface area contributed by atoms with E-state index in [1.54, 1.807) is 30.0 Å². The average Bonchev–Trinajstić information content (AvgIpc) is 2.17. The van der Waals surface area contributed by atoms with Crippen molar-refractivity contribution >= 4 is 29.3 Å². The molecule has 14 heavy (non-hydrogen) atoms. The lowest BCUT2D eigenvalue weighted by Gasteiger charge is -2.06. The molecule has 0 aromatic heterocycles. The first-order valence-corrected chi connectivity index (χ1v) is 5.56. The van der Waals surface area contributed by atoms with Crippen LogP contribution < -0.4 is 0 Å². The Bertz CT molecular complexity index is 339. The summed E-state index contributed by atoms with van der Waals surface area (Å²) in [4.78, 5) is 12.2. The third kappa shape index (κ3) is 2.66. The number of carbonyl (C=O) groups excluding carboxylic acids is 1.